The fraction of sp³-hybridized carbons (Fsp3) is 0.680. The monoisotopic (exact) mass is 479 g/mol. The summed E-state index contributed by atoms with van der Waals surface area (Å²) in [6.07, 6.45) is 18.5. The number of nitro benzene ring substituents is 1. The first-order chi connectivity index (χ1) is 16.0. The molecule has 0 atom stereocenters. The van der Waals surface area contributed by atoms with Gasteiger partial charge in [0.1, 0.15) is 5.75 Å². The fourth-order valence-electron chi connectivity index (χ4n) is 3.54. The maximum absolute atomic E-state index is 11.9. The lowest BCUT2D eigenvalue weighted by molar-refractivity contribution is -0.384. The number of rotatable bonds is 19. The number of non-ortho nitro benzene ring substituents is 1. The van der Waals surface area contributed by atoms with Crippen LogP contribution in [-0.4, -0.2) is 29.1 Å². The van der Waals surface area contributed by atoms with Crippen LogP contribution >= 0.6 is 12.2 Å². The molecule has 0 fully saturated rings. The molecule has 0 aliphatic rings. The van der Waals surface area contributed by atoms with Crippen LogP contribution in [0.3, 0.4) is 0 Å². The number of nitrogens with one attached hydrogen (secondary N) is 2. The van der Waals surface area contributed by atoms with Gasteiger partial charge in [0, 0.05) is 18.7 Å². The van der Waals surface area contributed by atoms with Crippen LogP contribution in [-0.2, 0) is 4.79 Å². The van der Waals surface area contributed by atoms with E-state index >= 15 is 0 Å². The van der Waals surface area contributed by atoms with Crippen molar-refractivity contribution in [2.45, 2.75) is 96.8 Å². The molecule has 8 heteroatoms. The summed E-state index contributed by atoms with van der Waals surface area (Å²) in [6, 6.07) is 5.57. The van der Waals surface area contributed by atoms with Crippen LogP contribution in [0, 0.1) is 10.1 Å². The van der Waals surface area contributed by atoms with E-state index in [1.807, 2.05) is 0 Å². The summed E-state index contributed by atoms with van der Waals surface area (Å²) < 4.78 is 5.31. The van der Waals surface area contributed by atoms with Gasteiger partial charge in [-0.1, -0.05) is 90.4 Å². The van der Waals surface area contributed by atoms with Gasteiger partial charge in [-0.05, 0) is 30.8 Å². The van der Waals surface area contributed by atoms with Gasteiger partial charge in [-0.15, -0.1) is 0 Å². The summed E-state index contributed by atoms with van der Waals surface area (Å²) >= 11 is 5.13. The molecule has 2 N–H and O–H groups in total. The third-order valence-electron chi connectivity index (χ3n) is 5.49. The predicted molar refractivity (Wildman–Crippen MR) is 138 cm³/mol. The van der Waals surface area contributed by atoms with Gasteiger partial charge in [0.15, 0.2) is 11.7 Å². The lowest BCUT2D eigenvalue weighted by Crippen LogP contribution is -2.41. The Morgan fingerprint density at radius 2 is 1.36 bits per heavy atom. The second-order valence-electron chi connectivity index (χ2n) is 8.44. The van der Waals surface area contributed by atoms with Gasteiger partial charge < -0.3 is 15.4 Å². The predicted octanol–water partition coefficient (Wildman–Crippen LogP) is 6.45. The third kappa shape index (κ3) is 16.1. The van der Waals surface area contributed by atoms with E-state index in [-0.39, 0.29) is 18.2 Å². The Morgan fingerprint density at radius 3 is 1.85 bits per heavy atom. The Labute approximate surface area is 204 Å². The Kier molecular flexibility index (Phi) is 16.8. The van der Waals surface area contributed by atoms with E-state index in [0.29, 0.717) is 10.9 Å². The van der Waals surface area contributed by atoms with E-state index in [0.717, 1.165) is 19.4 Å². The van der Waals surface area contributed by atoms with E-state index in [1.165, 1.54) is 101 Å². The number of carbonyl (C=O) groups is 1. The zero-order valence-corrected chi connectivity index (χ0v) is 20.9. The molecule has 0 saturated carbocycles. The molecule has 0 aliphatic carbocycles. The van der Waals surface area contributed by atoms with E-state index in [9.17, 15) is 14.9 Å². The molecule has 1 aromatic carbocycles. The Hall–Kier alpha value is -2.22. The summed E-state index contributed by atoms with van der Waals surface area (Å²) in [7, 11) is 0. The molecule has 1 amide bonds. The number of nitro groups is 1. The average molecular weight is 480 g/mol. The molecular weight excluding hydrogens is 438 g/mol. The number of ether oxygens (including phenoxy) is 1. The highest BCUT2D eigenvalue weighted by Gasteiger charge is 2.08. The molecule has 0 radical (unpaired) electrons. The molecule has 0 saturated heterocycles. The van der Waals surface area contributed by atoms with Crippen LogP contribution < -0.4 is 15.4 Å². The molecule has 0 spiro atoms. The van der Waals surface area contributed by atoms with E-state index in [2.05, 4.69) is 17.6 Å². The molecule has 7 nitrogen and oxygen atoms in total. The molecule has 0 aromatic heterocycles. The van der Waals surface area contributed by atoms with E-state index in [1.54, 1.807) is 0 Å². The average Bonchev–Trinajstić information content (AvgIpc) is 2.80. The Bertz CT molecular complexity index is 683. The molecular formula is C25H41N3O4S. The second-order valence-corrected chi connectivity index (χ2v) is 8.85. The van der Waals surface area contributed by atoms with Gasteiger partial charge in [0.25, 0.3) is 11.6 Å². The number of nitrogens with zero attached hydrogens (tertiary/aromatic N) is 1. The number of thiocarbonyl (C=S) groups is 1. The van der Waals surface area contributed by atoms with Crippen molar-refractivity contribution in [1.29, 1.82) is 0 Å². The topological polar surface area (TPSA) is 93.5 Å². The summed E-state index contributed by atoms with van der Waals surface area (Å²) in [6.45, 7) is 2.79. The SMILES string of the molecule is CCCCCCCCCCCCCCCCNC(=S)NC(=O)COc1ccc([N+](=O)[O-])cc1. The number of amides is 1. The highest BCUT2D eigenvalue weighted by Crippen LogP contribution is 2.17. The minimum absolute atomic E-state index is 0.0272. The molecule has 1 rings (SSSR count). The van der Waals surface area contributed by atoms with Gasteiger partial charge in [0.05, 0.1) is 4.92 Å². The lowest BCUT2D eigenvalue weighted by Gasteiger charge is -2.10. The van der Waals surface area contributed by atoms with Crippen molar-refractivity contribution in [2.24, 2.45) is 0 Å². The van der Waals surface area contributed by atoms with Crippen molar-refractivity contribution in [2.75, 3.05) is 13.2 Å². The van der Waals surface area contributed by atoms with E-state index in [4.69, 9.17) is 17.0 Å². The molecule has 0 bridgehead atoms. The van der Waals surface area contributed by atoms with Crippen LogP contribution in [0.4, 0.5) is 5.69 Å². The largest absolute Gasteiger partial charge is 0.484 e. The first-order valence-electron chi connectivity index (χ1n) is 12.5. The quantitative estimate of drug-likeness (QED) is 0.103. The molecule has 0 unspecified atom stereocenters. The molecule has 0 heterocycles. The summed E-state index contributed by atoms with van der Waals surface area (Å²) in [5, 5.41) is 16.5. The Morgan fingerprint density at radius 1 is 0.879 bits per heavy atom. The molecule has 33 heavy (non-hydrogen) atoms. The number of carbonyl (C=O) groups excluding carboxylic acids is 1. The van der Waals surface area contributed by atoms with Crippen molar-refractivity contribution in [1.82, 2.24) is 10.6 Å². The minimum Gasteiger partial charge on any atom is -0.484 e. The zero-order chi connectivity index (χ0) is 24.2. The smallest absolute Gasteiger partial charge is 0.269 e. The first-order valence-corrected chi connectivity index (χ1v) is 12.9. The molecule has 0 aliphatic heterocycles. The lowest BCUT2D eigenvalue weighted by atomic mass is 10.0. The number of benzene rings is 1. The van der Waals surface area contributed by atoms with Crippen LogP contribution in [0.15, 0.2) is 24.3 Å². The van der Waals surface area contributed by atoms with Gasteiger partial charge in [-0.25, -0.2) is 0 Å². The molecule has 186 valence electrons. The van der Waals surface area contributed by atoms with Crippen molar-refractivity contribution in [3.63, 3.8) is 0 Å². The maximum Gasteiger partial charge on any atom is 0.269 e. The van der Waals surface area contributed by atoms with Crippen molar-refractivity contribution < 1.29 is 14.5 Å². The minimum atomic E-state index is -0.487. The fourth-order valence-corrected chi connectivity index (χ4v) is 3.76. The highest BCUT2D eigenvalue weighted by molar-refractivity contribution is 7.80. The normalized spacial score (nSPS) is 10.6. The number of hydrogen-bond donors (Lipinski definition) is 2. The Balaban J connectivity index is 1.91. The van der Waals surface area contributed by atoms with Gasteiger partial charge in [0.2, 0.25) is 0 Å². The van der Waals surface area contributed by atoms with Crippen LogP contribution in [0.25, 0.3) is 0 Å². The van der Waals surface area contributed by atoms with Crippen molar-refractivity contribution >= 4 is 28.9 Å². The highest BCUT2D eigenvalue weighted by atomic mass is 32.1. The second kappa shape index (κ2) is 19.3. The summed E-state index contributed by atoms with van der Waals surface area (Å²) in [5.41, 5.74) is -0.0272. The molecule has 1 aromatic rings. The standard InChI is InChI=1S/C25H41N3O4S/c1-2-3-4-5-6-7-8-9-10-11-12-13-14-15-20-26-25(33)27-24(29)21-32-23-18-16-22(17-19-23)28(30)31/h16-19H,2-15,20-21H2,1H3,(H2,26,27,29,33). The van der Waals surface area contributed by atoms with Crippen molar-refractivity contribution in [3.05, 3.63) is 34.4 Å². The zero-order valence-electron chi connectivity index (χ0n) is 20.1. The van der Waals surface area contributed by atoms with Gasteiger partial charge >= 0.3 is 0 Å². The van der Waals surface area contributed by atoms with E-state index < -0.39 is 4.92 Å². The summed E-state index contributed by atoms with van der Waals surface area (Å²) in [5.74, 6) is 0.0175. The van der Waals surface area contributed by atoms with Crippen LogP contribution in [0.1, 0.15) is 96.8 Å². The maximum atomic E-state index is 11.9. The van der Waals surface area contributed by atoms with Crippen molar-refractivity contribution in [3.8, 4) is 5.75 Å². The summed E-state index contributed by atoms with van der Waals surface area (Å²) in [4.78, 5) is 22.0. The van der Waals surface area contributed by atoms with Gasteiger partial charge in [-0.3, -0.25) is 14.9 Å². The van der Waals surface area contributed by atoms with Crippen LogP contribution in [0.5, 0.6) is 5.75 Å². The first kappa shape index (κ1) is 28.8. The van der Waals surface area contributed by atoms with Gasteiger partial charge in [-0.2, -0.15) is 0 Å². The number of hydrogen-bond acceptors (Lipinski definition) is 5. The third-order valence-corrected chi connectivity index (χ3v) is 5.73. The number of unbranched alkanes of at least 4 members (excludes halogenated alkanes) is 13. The van der Waals surface area contributed by atoms with Crippen LogP contribution in [0.2, 0.25) is 0 Å².